The van der Waals surface area contributed by atoms with E-state index >= 15 is 0 Å². The first-order chi connectivity index (χ1) is 8.33. The fourth-order valence-corrected chi connectivity index (χ4v) is 3.02. The predicted octanol–water partition coefficient (Wildman–Crippen LogP) is 3.52. The summed E-state index contributed by atoms with van der Waals surface area (Å²) in [5, 5.41) is 3.07. The van der Waals surface area contributed by atoms with E-state index in [9.17, 15) is 0 Å². The highest BCUT2D eigenvalue weighted by Crippen LogP contribution is 2.30. The van der Waals surface area contributed by atoms with Crippen molar-refractivity contribution in [2.45, 2.75) is 0 Å². The fourth-order valence-electron chi connectivity index (χ4n) is 1.49. The van der Waals surface area contributed by atoms with Gasteiger partial charge in [0.05, 0.1) is 16.1 Å². The molecule has 0 amide bonds. The van der Waals surface area contributed by atoms with Gasteiger partial charge in [-0.05, 0) is 12.1 Å². The second-order valence-electron chi connectivity index (χ2n) is 3.53. The van der Waals surface area contributed by atoms with Gasteiger partial charge in [-0.2, -0.15) is 0 Å². The number of hydrogen-bond donors (Lipinski definition) is 1. The van der Waals surface area contributed by atoms with Gasteiger partial charge in [0.1, 0.15) is 5.01 Å². The lowest BCUT2D eigenvalue weighted by atomic mass is 10.1. The lowest BCUT2D eigenvalue weighted by Gasteiger charge is -1.96. The van der Waals surface area contributed by atoms with Crippen molar-refractivity contribution >= 4 is 28.4 Å². The zero-order chi connectivity index (χ0) is 11.7. The van der Waals surface area contributed by atoms with E-state index in [-0.39, 0.29) is 0 Å². The van der Waals surface area contributed by atoms with Crippen molar-refractivity contribution in [3.63, 3.8) is 0 Å². The molecule has 3 rings (SSSR count). The Bertz CT molecular complexity index is 612. The molecule has 2 heterocycles. The summed E-state index contributed by atoms with van der Waals surface area (Å²) in [5.74, 6) is 0. The van der Waals surface area contributed by atoms with Crippen molar-refractivity contribution in [1.82, 2.24) is 9.97 Å². The molecule has 0 radical (unpaired) electrons. The van der Waals surface area contributed by atoms with Crippen molar-refractivity contribution < 1.29 is 0 Å². The van der Waals surface area contributed by atoms with Gasteiger partial charge in [-0.15, -0.1) is 22.7 Å². The van der Waals surface area contributed by atoms with Crippen LogP contribution >= 0.6 is 22.7 Å². The van der Waals surface area contributed by atoms with Crippen LogP contribution < -0.4 is 5.73 Å². The Morgan fingerprint density at radius 2 is 1.88 bits per heavy atom. The van der Waals surface area contributed by atoms with Crippen LogP contribution in [0.15, 0.2) is 41.4 Å². The van der Waals surface area contributed by atoms with Gasteiger partial charge < -0.3 is 5.73 Å². The summed E-state index contributed by atoms with van der Waals surface area (Å²) in [6.07, 6.45) is 1.84. The van der Waals surface area contributed by atoms with Crippen molar-refractivity contribution in [2.24, 2.45) is 0 Å². The summed E-state index contributed by atoms with van der Waals surface area (Å²) in [6, 6.07) is 7.75. The summed E-state index contributed by atoms with van der Waals surface area (Å²) in [5.41, 5.74) is 10.3. The van der Waals surface area contributed by atoms with Gasteiger partial charge in [0, 0.05) is 22.8 Å². The first kappa shape index (κ1) is 10.4. The number of nitrogens with zero attached hydrogens (tertiary/aromatic N) is 2. The zero-order valence-electron chi connectivity index (χ0n) is 8.83. The molecule has 2 N–H and O–H groups in total. The lowest BCUT2D eigenvalue weighted by Crippen LogP contribution is -1.84. The molecule has 0 aliphatic heterocycles. The Labute approximate surface area is 107 Å². The summed E-state index contributed by atoms with van der Waals surface area (Å²) in [7, 11) is 0. The average Bonchev–Trinajstić information content (AvgIpc) is 3.00. The SMILES string of the molecule is Nc1ccc(-c2csc(-c3cncs3)n2)cc1. The highest BCUT2D eigenvalue weighted by atomic mass is 32.1. The molecule has 1 aromatic carbocycles. The normalized spacial score (nSPS) is 10.6. The molecule has 0 bridgehead atoms. The zero-order valence-corrected chi connectivity index (χ0v) is 10.5. The Balaban J connectivity index is 1.98. The molecule has 0 atom stereocenters. The second-order valence-corrected chi connectivity index (χ2v) is 5.27. The Kier molecular flexibility index (Phi) is 2.62. The Morgan fingerprint density at radius 1 is 1.06 bits per heavy atom. The van der Waals surface area contributed by atoms with Crippen LogP contribution in [0, 0.1) is 0 Å². The molecule has 0 fully saturated rings. The number of nitrogens with two attached hydrogens (primary N) is 1. The van der Waals surface area contributed by atoms with Gasteiger partial charge >= 0.3 is 0 Å². The third-order valence-corrected chi connectivity index (χ3v) is 4.14. The molecule has 2 aromatic heterocycles. The van der Waals surface area contributed by atoms with Crippen molar-refractivity contribution in [3.05, 3.63) is 41.4 Å². The number of rotatable bonds is 2. The van der Waals surface area contributed by atoms with Gasteiger partial charge in [0.15, 0.2) is 0 Å². The van der Waals surface area contributed by atoms with Crippen molar-refractivity contribution in [1.29, 1.82) is 0 Å². The third-order valence-electron chi connectivity index (χ3n) is 2.35. The maximum absolute atomic E-state index is 5.66. The predicted molar refractivity (Wildman–Crippen MR) is 73.1 cm³/mol. The first-order valence-corrected chi connectivity index (χ1v) is 6.79. The highest BCUT2D eigenvalue weighted by Gasteiger charge is 2.07. The third kappa shape index (κ3) is 2.07. The molecule has 0 spiro atoms. The molecule has 3 aromatic rings. The van der Waals surface area contributed by atoms with E-state index in [1.807, 2.05) is 36.0 Å². The molecule has 3 nitrogen and oxygen atoms in total. The summed E-state index contributed by atoms with van der Waals surface area (Å²) >= 11 is 3.24. The van der Waals surface area contributed by atoms with Crippen LogP contribution in [0.1, 0.15) is 0 Å². The van der Waals surface area contributed by atoms with Crippen LogP contribution in [0.4, 0.5) is 5.69 Å². The van der Waals surface area contributed by atoms with E-state index in [1.165, 1.54) is 0 Å². The van der Waals surface area contributed by atoms with E-state index < -0.39 is 0 Å². The second kappa shape index (κ2) is 4.27. The number of aromatic nitrogens is 2. The van der Waals surface area contributed by atoms with Crippen LogP contribution in [-0.4, -0.2) is 9.97 Å². The smallest absolute Gasteiger partial charge is 0.135 e. The molecule has 17 heavy (non-hydrogen) atoms. The molecule has 0 saturated carbocycles. The monoisotopic (exact) mass is 259 g/mol. The van der Waals surface area contributed by atoms with Gasteiger partial charge in [0.2, 0.25) is 0 Å². The lowest BCUT2D eigenvalue weighted by molar-refractivity contribution is 1.39. The van der Waals surface area contributed by atoms with Crippen LogP contribution in [0.25, 0.3) is 21.1 Å². The van der Waals surface area contributed by atoms with Crippen LogP contribution in [0.3, 0.4) is 0 Å². The number of thiazole rings is 2. The summed E-state index contributed by atoms with van der Waals surface area (Å²) < 4.78 is 0. The van der Waals surface area contributed by atoms with Crippen LogP contribution in [0.2, 0.25) is 0 Å². The number of benzene rings is 1. The Hall–Kier alpha value is -1.72. The van der Waals surface area contributed by atoms with Gasteiger partial charge in [-0.25, -0.2) is 4.98 Å². The maximum atomic E-state index is 5.66. The number of anilines is 1. The van der Waals surface area contributed by atoms with Gasteiger partial charge in [-0.3, -0.25) is 4.98 Å². The highest BCUT2D eigenvalue weighted by molar-refractivity contribution is 7.20. The quantitative estimate of drug-likeness (QED) is 0.716. The number of hydrogen-bond acceptors (Lipinski definition) is 5. The van der Waals surface area contributed by atoms with E-state index in [2.05, 4.69) is 15.3 Å². The minimum Gasteiger partial charge on any atom is -0.399 e. The summed E-state index contributed by atoms with van der Waals surface area (Å²) in [4.78, 5) is 9.77. The standard InChI is InChI=1S/C12H9N3S2/c13-9-3-1-8(2-4-9)10-6-16-12(15-10)11-5-14-7-17-11/h1-7H,13H2. The molecule has 0 saturated heterocycles. The topological polar surface area (TPSA) is 51.8 Å². The van der Waals surface area contributed by atoms with Crippen LogP contribution in [0.5, 0.6) is 0 Å². The molecular formula is C12H9N3S2. The van der Waals surface area contributed by atoms with E-state index in [4.69, 9.17) is 5.73 Å². The van der Waals surface area contributed by atoms with E-state index in [1.54, 1.807) is 22.7 Å². The van der Waals surface area contributed by atoms with E-state index in [0.29, 0.717) is 0 Å². The minimum absolute atomic E-state index is 0.770. The minimum atomic E-state index is 0.770. The molecule has 0 aliphatic carbocycles. The van der Waals surface area contributed by atoms with Crippen molar-refractivity contribution in [2.75, 3.05) is 5.73 Å². The molecule has 5 heteroatoms. The largest absolute Gasteiger partial charge is 0.399 e. The maximum Gasteiger partial charge on any atom is 0.135 e. The molecule has 0 unspecified atom stereocenters. The molecular weight excluding hydrogens is 250 g/mol. The first-order valence-electron chi connectivity index (χ1n) is 5.03. The average molecular weight is 259 g/mol. The molecule has 0 aliphatic rings. The van der Waals surface area contributed by atoms with Gasteiger partial charge in [0.25, 0.3) is 0 Å². The molecule has 84 valence electrons. The number of nitrogen functional groups attached to an aromatic ring is 1. The van der Waals surface area contributed by atoms with E-state index in [0.717, 1.165) is 26.8 Å². The fraction of sp³-hybridized carbons (Fsp3) is 0. The van der Waals surface area contributed by atoms with Crippen molar-refractivity contribution in [3.8, 4) is 21.1 Å². The summed E-state index contributed by atoms with van der Waals surface area (Å²) in [6.45, 7) is 0. The van der Waals surface area contributed by atoms with Crippen LogP contribution in [-0.2, 0) is 0 Å². The van der Waals surface area contributed by atoms with Gasteiger partial charge in [-0.1, -0.05) is 12.1 Å². The Morgan fingerprint density at radius 3 is 2.59 bits per heavy atom.